The van der Waals surface area contributed by atoms with Crippen molar-refractivity contribution >= 4 is 50.6 Å². The first kappa shape index (κ1) is 51.2. The SMILES string of the molecule is CCc1cccc2cccc(-c3ncc4c(N5CC6CCC(C5)N6)nc(OC[C@@]56CCCN5[C@H](COc5cc([C@H](C(=O)N7C[C@H](O)C[C@H]7C(=O)N[C@@H](C)c7ccc(-c8scnc8C)cc7)C(C)C)on5)CC6)nc4c3F)c12. The highest BCUT2D eigenvalue weighted by Crippen LogP contribution is 2.44. The van der Waals surface area contributed by atoms with Gasteiger partial charge >= 0.3 is 6.01 Å². The fraction of sp³-hybridized carbons (Fsp3) is 0.475. The van der Waals surface area contributed by atoms with E-state index in [1.54, 1.807) is 23.6 Å². The lowest BCUT2D eigenvalue weighted by atomic mass is 9.91. The van der Waals surface area contributed by atoms with Crippen molar-refractivity contribution in [3.8, 4) is 33.6 Å². The number of aryl methyl sites for hydroxylation is 2. The van der Waals surface area contributed by atoms with Crippen molar-refractivity contribution in [3.63, 3.8) is 0 Å². The summed E-state index contributed by atoms with van der Waals surface area (Å²) >= 11 is 1.59. The number of nitrogens with zero attached hydrogens (tertiary/aromatic N) is 8. The highest BCUT2D eigenvalue weighted by atomic mass is 32.1. The number of thiazole rings is 1. The lowest BCUT2D eigenvalue weighted by Crippen LogP contribution is -2.51. The number of carbonyl (C=O) groups excluding carboxylic acids is 2. The summed E-state index contributed by atoms with van der Waals surface area (Å²) in [5.41, 5.74) is 6.83. The van der Waals surface area contributed by atoms with Gasteiger partial charge in [-0.15, -0.1) is 11.3 Å². The molecule has 0 saturated carbocycles. The number of ether oxygens (including phenoxy) is 2. The smallest absolute Gasteiger partial charge is 0.319 e. The number of carbonyl (C=O) groups is 2. The quantitative estimate of drug-likeness (QED) is 0.0834. The Balaban J connectivity index is 0.726. The molecule has 8 atom stereocenters. The standard InChI is InChI=1S/C59H67FN10O6S/c1-6-36-10-7-11-38-12-8-13-44(50(36)38)52-51(60)53-45(26-61-52)55(68-27-40-18-19-41(28-68)64-40)66-58(65-53)75-31-59-21-9-23-70(59)42(20-22-59)30-74-48-25-47(76-67-48)49(33(2)3)57(73)69-29-43(71)24-46(69)56(72)63-34(4)37-14-16-39(17-15-37)54-35(5)62-32-77-54/h7-8,10-17,25-26,32-34,40-43,46,49,64,71H,6,9,18-24,27-31H2,1-5H3,(H,63,72)/t34-,40?,41?,42-,43+,46-,49+,59-/m0/s1. The molecule has 9 heterocycles. The second kappa shape index (κ2) is 21.0. The molecule has 402 valence electrons. The minimum atomic E-state index is -0.857. The third-order valence-corrected chi connectivity index (χ3v) is 18.1. The van der Waals surface area contributed by atoms with Crippen LogP contribution in [0.3, 0.4) is 0 Å². The molecule has 5 fully saturated rings. The second-order valence-electron chi connectivity index (χ2n) is 22.3. The van der Waals surface area contributed by atoms with Crippen LogP contribution in [-0.2, 0) is 16.0 Å². The molecule has 5 saturated heterocycles. The number of hydrogen-bond donors (Lipinski definition) is 3. The number of halogens is 1. The van der Waals surface area contributed by atoms with Gasteiger partial charge in [0.1, 0.15) is 42.2 Å². The molecule has 2 unspecified atom stereocenters. The van der Waals surface area contributed by atoms with Gasteiger partial charge in [-0.05, 0) is 104 Å². The lowest BCUT2D eigenvalue weighted by molar-refractivity contribution is -0.141. The zero-order valence-electron chi connectivity index (χ0n) is 44.4. The molecule has 4 aromatic heterocycles. The van der Waals surface area contributed by atoms with E-state index in [1.165, 1.54) is 4.90 Å². The molecule has 2 amide bonds. The van der Waals surface area contributed by atoms with Crippen LogP contribution in [0.15, 0.2) is 83.0 Å². The molecule has 0 radical (unpaired) electrons. The van der Waals surface area contributed by atoms with E-state index in [0.29, 0.717) is 42.3 Å². The number of amides is 2. The van der Waals surface area contributed by atoms with Crippen LogP contribution in [-0.4, -0.2) is 127 Å². The summed E-state index contributed by atoms with van der Waals surface area (Å²) in [6.07, 6.45) is 7.63. The van der Waals surface area contributed by atoms with Crippen molar-refractivity contribution in [2.75, 3.05) is 44.3 Å². The fourth-order valence-electron chi connectivity index (χ4n) is 13.2. The Morgan fingerprint density at radius 3 is 2.53 bits per heavy atom. The molecule has 12 rings (SSSR count). The Hall–Kier alpha value is -6.60. The van der Waals surface area contributed by atoms with Gasteiger partial charge in [0.15, 0.2) is 11.6 Å². The van der Waals surface area contributed by atoms with Crippen molar-refractivity contribution in [2.45, 2.75) is 134 Å². The van der Waals surface area contributed by atoms with Gasteiger partial charge < -0.3 is 39.5 Å². The molecule has 16 nitrogen and oxygen atoms in total. The average molecular weight is 1060 g/mol. The maximum atomic E-state index is 17.3. The molecule has 0 aliphatic carbocycles. The maximum Gasteiger partial charge on any atom is 0.319 e. The molecule has 0 spiro atoms. The van der Waals surface area contributed by atoms with Crippen molar-refractivity contribution in [3.05, 3.63) is 107 Å². The van der Waals surface area contributed by atoms with E-state index in [9.17, 15) is 14.7 Å². The Bertz CT molecular complexity index is 3320. The van der Waals surface area contributed by atoms with Crippen LogP contribution < -0.4 is 25.0 Å². The van der Waals surface area contributed by atoms with E-state index in [2.05, 4.69) is 55.7 Å². The summed E-state index contributed by atoms with van der Waals surface area (Å²) in [4.78, 5) is 54.8. The van der Waals surface area contributed by atoms with Gasteiger partial charge in [0.25, 0.3) is 5.88 Å². The molecule has 18 heteroatoms. The van der Waals surface area contributed by atoms with Gasteiger partial charge in [0.05, 0.1) is 39.2 Å². The van der Waals surface area contributed by atoms with Gasteiger partial charge in [0, 0.05) is 62.0 Å². The summed E-state index contributed by atoms with van der Waals surface area (Å²) in [5, 5.41) is 24.5. The molecule has 3 aromatic carbocycles. The van der Waals surface area contributed by atoms with E-state index >= 15 is 4.39 Å². The maximum absolute atomic E-state index is 17.3. The van der Waals surface area contributed by atoms with Crippen molar-refractivity contribution < 1.29 is 33.1 Å². The number of aromatic nitrogens is 5. The number of hydrogen-bond acceptors (Lipinski definition) is 15. The highest BCUT2D eigenvalue weighted by Gasteiger charge is 2.50. The third kappa shape index (κ3) is 9.69. The van der Waals surface area contributed by atoms with Crippen LogP contribution in [0.25, 0.3) is 43.4 Å². The topological polar surface area (TPSA) is 184 Å². The van der Waals surface area contributed by atoms with Crippen LogP contribution in [0.4, 0.5) is 10.2 Å². The predicted octanol–water partition coefficient (Wildman–Crippen LogP) is 8.94. The minimum Gasteiger partial charge on any atom is -0.474 e. The third-order valence-electron chi connectivity index (χ3n) is 17.1. The molecular weight excluding hydrogens is 996 g/mol. The fourth-order valence-corrected chi connectivity index (χ4v) is 14.0. The Kier molecular flexibility index (Phi) is 13.9. The molecule has 3 N–H and O–H groups in total. The molecule has 5 aliphatic heterocycles. The van der Waals surface area contributed by atoms with Gasteiger partial charge in [-0.1, -0.05) is 81.4 Å². The number of β-amino-alcohol motifs (C(OH)–C–C–N with tert-alkyl or cyclic N) is 1. The molecule has 5 aliphatic rings. The van der Waals surface area contributed by atoms with Crippen LogP contribution in [0.2, 0.25) is 0 Å². The van der Waals surface area contributed by atoms with Crippen molar-refractivity contribution in [2.24, 2.45) is 5.92 Å². The predicted molar refractivity (Wildman–Crippen MR) is 294 cm³/mol. The number of fused-ring (bicyclic) bond motifs is 5. The van der Waals surface area contributed by atoms with Crippen LogP contribution >= 0.6 is 11.3 Å². The normalized spacial score (nSPS) is 24.0. The van der Waals surface area contributed by atoms with E-state index < -0.39 is 23.9 Å². The monoisotopic (exact) mass is 1060 g/mol. The Labute approximate surface area is 451 Å². The van der Waals surface area contributed by atoms with Crippen molar-refractivity contribution in [1.82, 2.24) is 45.5 Å². The minimum absolute atomic E-state index is 0.0318. The number of pyridine rings is 1. The zero-order valence-corrected chi connectivity index (χ0v) is 45.2. The lowest BCUT2D eigenvalue weighted by Gasteiger charge is -2.35. The van der Waals surface area contributed by atoms with Crippen LogP contribution in [0, 0.1) is 18.7 Å². The van der Waals surface area contributed by atoms with E-state index in [-0.39, 0.29) is 71.4 Å². The number of aliphatic hydroxyl groups is 1. The van der Waals surface area contributed by atoms with E-state index in [4.69, 9.17) is 28.9 Å². The van der Waals surface area contributed by atoms with Crippen LogP contribution in [0.1, 0.15) is 107 Å². The van der Waals surface area contributed by atoms with Gasteiger partial charge in [-0.25, -0.2) is 9.37 Å². The molecule has 2 bridgehead atoms. The zero-order chi connectivity index (χ0) is 53.1. The van der Waals surface area contributed by atoms with Gasteiger partial charge in [-0.3, -0.25) is 19.5 Å². The first-order chi connectivity index (χ1) is 37.3. The molecular formula is C59H67FN10O6S. The largest absolute Gasteiger partial charge is 0.474 e. The summed E-state index contributed by atoms with van der Waals surface area (Å²) < 4.78 is 36.2. The summed E-state index contributed by atoms with van der Waals surface area (Å²) in [7, 11) is 0. The first-order valence-electron chi connectivity index (χ1n) is 27.5. The van der Waals surface area contributed by atoms with Gasteiger partial charge in [-0.2, -0.15) is 9.97 Å². The summed E-state index contributed by atoms with van der Waals surface area (Å²) in [6, 6.07) is 21.6. The number of nitrogens with one attached hydrogen (secondary N) is 2. The Morgan fingerprint density at radius 2 is 1.78 bits per heavy atom. The Morgan fingerprint density at radius 1 is 0.987 bits per heavy atom. The van der Waals surface area contributed by atoms with E-state index in [0.717, 1.165) is 108 Å². The number of anilines is 1. The van der Waals surface area contributed by atoms with Crippen molar-refractivity contribution in [1.29, 1.82) is 0 Å². The summed E-state index contributed by atoms with van der Waals surface area (Å²) in [5.74, 6) is -0.845. The number of piperazine rings is 1. The highest BCUT2D eigenvalue weighted by molar-refractivity contribution is 7.13. The number of likely N-dealkylation sites (tertiary alicyclic amines) is 1. The molecule has 7 aromatic rings. The number of benzene rings is 3. The average Bonchev–Trinajstić information content (AvgIpc) is 4.33. The first-order valence-corrected chi connectivity index (χ1v) is 28.4. The number of aliphatic hydroxyl groups excluding tert-OH is 1. The summed E-state index contributed by atoms with van der Waals surface area (Å²) in [6.45, 7) is 12.9. The van der Waals surface area contributed by atoms with Crippen LogP contribution in [0.5, 0.6) is 11.9 Å². The van der Waals surface area contributed by atoms with Gasteiger partial charge in [0.2, 0.25) is 11.8 Å². The van der Waals surface area contributed by atoms with E-state index in [1.807, 2.05) is 75.7 Å². The number of rotatable bonds is 16. The molecule has 77 heavy (non-hydrogen) atoms. The second-order valence-corrected chi connectivity index (χ2v) is 23.2.